The van der Waals surface area contributed by atoms with Crippen molar-refractivity contribution in [1.29, 1.82) is 0 Å². The van der Waals surface area contributed by atoms with Crippen molar-refractivity contribution in [1.82, 2.24) is 5.32 Å². The lowest BCUT2D eigenvalue weighted by molar-refractivity contribution is -0.124. The number of benzene rings is 1. The van der Waals surface area contributed by atoms with Crippen molar-refractivity contribution < 1.29 is 23.8 Å². The molecule has 0 fully saturated rings. The fourth-order valence-electron chi connectivity index (χ4n) is 3.25. The SMILES string of the molecule is COc1ccc(CNC(=O)COC(=O)c2cc3c(s2)CCC(C)C3)cc1OC. The van der Waals surface area contributed by atoms with E-state index in [1.165, 1.54) is 21.8 Å². The highest BCUT2D eigenvalue weighted by molar-refractivity contribution is 7.14. The number of methoxy groups -OCH3 is 2. The highest BCUT2D eigenvalue weighted by atomic mass is 32.1. The van der Waals surface area contributed by atoms with Crippen LogP contribution in [0.3, 0.4) is 0 Å². The number of ether oxygens (including phenoxy) is 3. The number of thiophene rings is 1. The van der Waals surface area contributed by atoms with Crippen LogP contribution in [0.5, 0.6) is 11.5 Å². The molecule has 1 aromatic heterocycles. The maximum atomic E-state index is 12.3. The maximum Gasteiger partial charge on any atom is 0.348 e. The first kappa shape index (κ1) is 20.2. The van der Waals surface area contributed by atoms with Crippen molar-refractivity contribution in [2.45, 2.75) is 32.7 Å². The van der Waals surface area contributed by atoms with E-state index < -0.39 is 5.97 Å². The summed E-state index contributed by atoms with van der Waals surface area (Å²) >= 11 is 1.48. The van der Waals surface area contributed by atoms with Crippen molar-refractivity contribution in [3.8, 4) is 11.5 Å². The average Bonchev–Trinajstić information content (AvgIpc) is 3.13. The monoisotopic (exact) mass is 403 g/mol. The van der Waals surface area contributed by atoms with Crippen molar-refractivity contribution in [2.24, 2.45) is 5.92 Å². The molecule has 0 radical (unpaired) electrons. The number of nitrogens with one attached hydrogen (secondary N) is 1. The Labute approximate surface area is 168 Å². The molecule has 1 aromatic carbocycles. The van der Waals surface area contributed by atoms with E-state index in [9.17, 15) is 9.59 Å². The number of amides is 1. The molecule has 0 aliphatic heterocycles. The zero-order chi connectivity index (χ0) is 20.1. The first-order chi connectivity index (χ1) is 13.5. The number of carbonyl (C=O) groups is 2. The molecule has 1 N–H and O–H groups in total. The summed E-state index contributed by atoms with van der Waals surface area (Å²) in [5.41, 5.74) is 2.10. The third kappa shape index (κ3) is 4.84. The van der Waals surface area contributed by atoms with Crippen LogP contribution in [0, 0.1) is 5.92 Å². The normalized spacial score (nSPS) is 15.5. The summed E-state index contributed by atoms with van der Waals surface area (Å²) in [5, 5.41) is 2.74. The minimum Gasteiger partial charge on any atom is -0.493 e. The predicted molar refractivity (Wildman–Crippen MR) is 107 cm³/mol. The molecule has 1 atom stereocenters. The summed E-state index contributed by atoms with van der Waals surface area (Å²) in [7, 11) is 3.13. The molecule has 150 valence electrons. The van der Waals surface area contributed by atoms with Gasteiger partial charge in [0.15, 0.2) is 18.1 Å². The van der Waals surface area contributed by atoms with E-state index in [4.69, 9.17) is 14.2 Å². The zero-order valence-corrected chi connectivity index (χ0v) is 17.2. The van der Waals surface area contributed by atoms with Gasteiger partial charge < -0.3 is 19.5 Å². The quantitative estimate of drug-likeness (QED) is 0.718. The number of rotatable bonds is 7. The molecule has 1 aliphatic rings. The van der Waals surface area contributed by atoms with Crippen LogP contribution in [-0.4, -0.2) is 32.7 Å². The van der Waals surface area contributed by atoms with Gasteiger partial charge in [-0.1, -0.05) is 13.0 Å². The average molecular weight is 404 g/mol. The van der Waals surface area contributed by atoms with Gasteiger partial charge in [-0.25, -0.2) is 4.79 Å². The number of hydrogen-bond donors (Lipinski definition) is 1. The van der Waals surface area contributed by atoms with Gasteiger partial charge in [0, 0.05) is 11.4 Å². The summed E-state index contributed by atoms with van der Waals surface area (Å²) in [5.74, 6) is 1.08. The van der Waals surface area contributed by atoms with E-state index >= 15 is 0 Å². The topological polar surface area (TPSA) is 73.9 Å². The van der Waals surface area contributed by atoms with E-state index in [0.717, 1.165) is 24.8 Å². The maximum absolute atomic E-state index is 12.3. The van der Waals surface area contributed by atoms with E-state index in [2.05, 4.69) is 12.2 Å². The second kappa shape index (κ2) is 9.10. The number of hydrogen-bond acceptors (Lipinski definition) is 6. The molecule has 1 unspecified atom stereocenters. The van der Waals surface area contributed by atoms with Crippen molar-refractivity contribution >= 4 is 23.2 Å². The molecule has 0 bridgehead atoms. The summed E-state index contributed by atoms with van der Waals surface area (Å²) in [6.45, 7) is 2.23. The van der Waals surface area contributed by atoms with Gasteiger partial charge in [-0.05, 0) is 54.5 Å². The van der Waals surface area contributed by atoms with Gasteiger partial charge in [-0.3, -0.25) is 4.79 Å². The summed E-state index contributed by atoms with van der Waals surface area (Å²) in [4.78, 5) is 26.1. The number of carbonyl (C=O) groups excluding carboxylic acids is 2. The number of fused-ring (bicyclic) bond motifs is 1. The predicted octanol–water partition coefficient (Wildman–Crippen LogP) is 3.36. The molecular formula is C21H25NO5S. The molecule has 28 heavy (non-hydrogen) atoms. The fraction of sp³-hybridized carbons (Fsp3) is 0.429. The lowest BCUT2D eigenvalue weighted by atomic mass is 9.90. The molecule has 1 heterocycles. The Morgan fingerprint density at radius 2 is 1.96 bits per heavy atom. The van der Waals surface area contributed by atoms with Crippen molar-refractivity contribution in [3.63, 3.8) is 0 Å². The van der Waals surface area contributed by atoms with Gasteiger partial charge in [0.1, 0.15) is 4.88 Å². The highest BCUT2D eigenvalue weighted by Crippen LogP contribution is 2.32. The highest BCUT2D eigenvalue weighted by Gasteiger charge is 2.21. The van der Waals surface area contributed by atoms with Gasteiger partial charge in [-0.2, -0.15) is 0 Å². The minimum atomic E-state index is -0.437. The third-order valence-electron chi connectivity index (χ3n) is 4.80. The lowest BCUT2D eigenvalue weighted by Crippen LogP contribution is -2.28. The molecule has 0 spiro atoms. The Kier molecular flexibility index (Phi) is 6.57. The van der Waals surface area contributed by atoms with Crippen LogP contribution < -0.4 is 14.8 Å². The molecule has 3 rings (SSSR count). The standard InChI is InChI=1S/C21H25NO5S/c1-13-4-7-18-15(8-13)10-19(28-18)21(24)27-12-20(23)22-11-14-5-6-16(25-2)17(9-14)26-3/h5-6,9-10,13H,4,7-8,11-12H2,1-3H3,(H,22,23). The van der Waals surface area contributed by atoms with Crippen LogP contribution in [0.25, 0.3) is 0 Å². The second-order valence-corrected chi connectivity index (χ2v) is 8.09. The lowest BCUT2D eigenvalue weighted by Gasteiger charge is -2.16. The molecule has 7 heteroatoms. The van der Waals surface area contributed by atoms with Crippen molar-refractivity contribution in [3.05, 3.63) is 45.1 Å². The van der Waals surface area contributed by atoms with Crippen LogP contribution in [0.4, 0.5) is 0 Å². The Balaban J connectivity index is 1.48. The summed E-state index contributed by atoms with van der Waals surface area (Å²) < 4.78 is 15.6. The summed E-state index contributed by atoms with van der Waals surface area (Å²) in [6.07, 6.45) is 3.17. The molecule has 0 saturated heterocycles. The number of esters is 1. The largest absolute Gasteiger partial charge is 0.493 e. The smallest absolute Gasteiger partial charge is 0.348 e. The molecule has 2 aromatic rings. The van der Waals surface area contributed by atoms with E-state index in [1.54, 1.807) is 26.4 Å². The fourth-order valence-corrected chi connectivity index (χ4v) is 4.35. The van der Waals surface area contributed by atoms with E-state index in [-0.39, 0.29) is 12.5 Å². The second-order valence-electron chi connectivity index (χ2n) is 6.95. The Hall–Kier alpha value is -2.54. The summed E-state index contributed by atoms with van der Waals surface area (Å²) in [6, 6.07) is 7.33. The van der Waals surface area contributed by atoms with Crippen LogP contribution in [0.15, 0.2) is 24.3 Å². The van der Waals surface area contributed by atoms with E-state index in [0.29, 0.717) is 28.8 Å². The first-order valence-electron chi connectivity index (χ1n) is 9.26. The van der Waals surface area contributed by atoms with Crippen LogP contribution in [0.2, 0.25) is 0 Å². The van der Waals surface area contributed by atoms with Gasteiger partial charge in [0.05, 0.1) is 14.2 Å². The van der Waals surface area contributed by atoms with Crippen LogP contribution in [-0.2, 0) is 28.9 Å². The number of aryl methyl sites for hydroxylation is 1. The van der Waals surface area contributed by atoms with Gasteiger partial charge in [0.2, 0.25) is 0 Å². The van der Waals surface area contributed by atoms with Crippen molar-refractivity contribution in [2.75, 3.05) is 20.8 Å². The zero-order valence-electron chi connectivity index (χ0n) is 16.4. The van der Waals surface area contributed by atoms with Gasteiger partial charge in [-0.15, -0.1) is 11.3 Å². The first-order valence-corrected chi connectivity index (χ1v) is 10.1. The molecular weight excluding hydrogens is 378 g/mol. The molecule has 1 amide bonds. The minimum absolute atomic E-state index is 0.301. The Morgan fingerprint density at radius 1 is 1.18 bits per heavy atom. The van der Waals surface area contributed by atoms with Gasteiger partial charge >= 0.3 is 5.97 Å². The van der Waals surface area contributed by atoms with Gasteiger partial charge in [0.25, 0.3) is 5.91 Å². The van der Waals surface area contributed by atoms with Crippen LogP contribution >= 0.6 is 11.3 Å². The molecule has 0 saturated carbocycles. The Morgan fingerprint density at radius 3 is 2.71 bits per heavy atom. The molecule has 1 aliphatic carbocycles. The molecule has 6 nitrogen and oxygen atoms in total. The Bertz CT molecular complexity index is 860. The van der Waals surface area contributed by atoms with E-state index in [1.807, 2.05) is 12.1 Å². The van der Waals surface area contributed by atoms with Crippen LogP contribution in [0.1, 0.15) is 39.0 Å². The third-order valence-corrected chi connectivity index (χ3v) is 6.02.